The van der Waals surface area contributed by atoms with Crippen molar-refractivity contribution in [1.29, 1.82) is 0 Å². The zero-order chi connectivity index (χ0) is 19.7. The van der Waals surface area contributed by atoms with Crippen molar-refractivity contribution in [2.24, 2.45) is 4.99 Å². The number of benzene rings is 1. The fourth-order valence-corrected chi connectivity index (χ4v) is 2.18. The summed E-state index contributed by atoms with van der Waals surface area (Å²) in [5.74, 6) is 0.183. The number of guanidine groups is 1. The zero-order valence-electron chi connectivity index (χ0n) is 14.7. The summed E-state index contributed by atoms with van der Waals surface area (Å²) in [5, 5.41) is 6.17. The molecule has 0 aliphatic heterocycles. The summed E-state index contributed by atoms with van der Waals surface area (Å²) < 4.78 is 54.0. The molecule has 0 bridgehead atoms. The van der Waals surface area contributed by atoms with Gasteiger partial charge in [-0.3, -0.25) is 4.99 Å². The highest BCUT2D eigenvalue weighted by Crippen LogP contribution is 2.17. The maximum absolute atomic E-state index is 13.1. The largest absolute Gasteiger partial charge is 0.468 e. The molecule has 0 saturated heterocycles. The fourth-order valence-electron chi connectivity index (χ4n) is 2.18. The molecule has 1 aromatic carbocycles. The Morgan fingerprint density at radius 2 is 1.96 bits per heavy atom. The van der Waals surface area contributed by atoms with E-state index in [0.29, 0.717) is 25.5 Å². The second-order valence-corrected chi connectivity index (χ2v) is 5.64. The van der Waals surface area contributed by atoms with Crippen LogP contribution in [0.3, 0.4) is 0 Å². The molecule has 2 N–H and O–H groups in total. The van der Waals surface area contributed by atoms with E-state index >= 15 is 0 Å². The quantitative estimate of drug-likeness (QED) is 0.438. The maximum Gasteiger partial charge on any atom is 0.422 e. The van der Waals surface area contributed by atoms with Crippen LogP contribution in [0.25, 0.3) is 0 Å². The normalized spacial score (nSPS) is 12.0. The van der Waals surface area contributed by atoms with Gasteiger partial charge in [-0.1, -0.05) is 18.2 Å². The highest BCUT2D eigenvalue weighted by atomic mass is 19.4. The third-order valence-corrected chi connectivity index (χ3v) is 3.46. The van der Waals surface area contributed by atoms with Crippen molar-refractivity contribution in [2.45, 2.75) is 19.1 Å². The van der Waals surface area contributed by atoms with Crippen molar-refractivity contribution in [2.75, 3.05) is 20.2 Å². The summed E-state index contributed by atoms with van der Waals surface area (Å²) in [6.45, 7) is -0.433. The van der Waals surface area contributed by atoms with Crippen LogP contribution in [0, 0.1) is 5.82 Å². The number of halogens is 4. The first-order valence-corrected chi connectivity index (χ1v) is 8.19. The summed E-state index contributed by atoms with van der Waals surface area (Å²) in [6, 6.07) is 9.37. The van der Waals surface area contributed by atoms with Gasteiger partial charge in [0.05, 0.1) is 0 Å². The Balaban J connectivity index is 1.75. The minimum absolute atomic E-state index is 0.0892. The van der Waals surface area contributed by atoms with Crippen molar-refractivity contribution in [3.63, 3.8) is 0 Å². The van der Waals surface area contributed by atoms with Gasteiger partial charge in [0, 0.05) is 32.4 Å². The van der Waals surface area contributed by atoms with E-state index in [1.54, 1.807) is 19.2 Å². The molecule has 2 aromatic rings. The molecule has 0 radical (unpaired) electrons. The van der Waals surface area contributed by atoms with Crippen molar-refractivity contribution in [3.05, 3.63) is 59.5 Å². The molecule has 5 nitrogen and oxygen atoms in total. The number of nitrogens with zero attached hydrogens (tertiary/aromatic N) is 2. The lowest BCUT2D eigenvalue weighted by Crippen LogP contribution is -2.37. The number of pyridine rings is 1. The molecule has 9 heteroatoms. The lowest BCUT2D eigenvalue weighted by Gasteiger charge is -2.12. The molecular weight excluding hydrogens is 364 g/mol. The third kappa shape index (κ3) is 7.93. The molecule has 0 aliphatic rings. The summed E-state index contributed by atoms with van der Waals surface area (Å²) in [5.41, 5.74) is 1.62. The van der Waals surface area contributed by atoms with Crippen LogP contribution in [0.4, 0.5) is 17.6 Å². The van der Waals surface area contributed by atoms with E-state index in [-0.39, 0.29) is 11.7 Å². The molecule has 0 amide bonds. The Morgan fingerprint density at radius 3 is 2.59 bits per heavy atom. The molecule has 0 unspecified atom stereocenters. The number of ether oxygens (including phenoxy) is 1. The predicted molar refractivity (Wildman–Crippen MR) is 94.1 cm³/mol. The first kappa shape index (κ1) is 20.5. The Morgan fingerprint density at radius 1 is 1.15 bits per heavy atom. The lowest BCUT2D eigenvalue weighted by atomic mass is 10.1. The highest BCUT2D eigenvalue weighted by molar-refractivity contribution is 5.79. The van der Waals surface area contributed by atoms with E-state index in [1.165, 1.54) is 24.4 Å². The highest BCUT2D eigenvalue weighted by Gasteiger charge is 2.28. The van der Waals surface area contributed by atoms with Gasteiger partial charge >= 0.3 is 6.18 Å². The van der Waals surface area contributed by atoms with Crippen LogP contribution in [0.1, 0.15) is 11.1 Å². The van der Waals surface area contributed by atoms with E-state index in [2.05, 4.69) is 25.3 Å². The molecule has 0 atom stereocenters. The number of rotatable bonds is 7. The van der Waals surface area contributed by atoms with Crippen molar-refractivity contribution < 1.29 is 22.3 Å². The number of aliphatic imine (C=N–C) groups is 1. The zero-order valence-corrected chi connectivity index (χ0v) is 14.7. The average Bonchev–Trinajstić information content (AvgIpc) is 2.63. The lowest BCUT2D eigenvalue weighted by molar-refractivity contribution is -0.154. The summed E-state index contributed by atoms with van der Waals surface area (Å²) in [7, 11) is 1.61. The number of alkyl halides is 3. The van der Waals surface area contributed by atoms with Crippen molar-refractivity contribution in [3.8, 4) is 5.88 Å². The van der Waals surface area contributed by atoms with E-state index in [1.807, 2.05) is 6.07 Å². The molecule has 146 valence electrons. The van der Waals surface area contributed by atoms with Gasteiger partial charge in [0.15, 0.2) is 12.6 Å². The van der Waals surface area contributed by atoms with Gasteiger partial charge in [-0.05, 0) is 29.7 Å². The second-order valence-electron chi connectivity index (χ2n) is 5.64. The van der Waals surface area contributed by atoms with Crippen molar-refractivity contribution >= 4 is 5.96 Å². The van der Waals surface area contributed by atoms with Gasteiger partial charge < -0.3 is 15.4 Å². The van der Waals surface area contributed by atoms with Gasteiger partial charge in [0.1, 0.15) is 5.82 Å². The maximum atomic E-state index is 13.1. The Kier molecular flexibility index (Phi) is 7.39. The van der Waals surface area contributed by atoms with Crippen LogP contribution in [0.2, 0.25) is 0 Å². The molecule has 2 rings (SSSR count). The van der Waals surface area contributed by atoms with E-state index < -0.39 is 12.8 Å². The molecule has 0 aliphatic carbocycles. The third-order valence-electron chi connectivity index (χ3n) is 3.46. The standard InChI is InChI=1S/C18H20F4N4O/c1-23-17(24-8-7-13-3-2-4-15(19)9-13)26-11-14-5-6-16(25-10-14)27-12-18(20,21)22/h2-6,9-10H,7-8,11-12H2,1H3,(H2,23,24,26). The summed E-state index contributed by atoms with van der Waals surface area (Å²) >= 11 is 0. The van der Waals surface area contributed by atoms with Crippen molar-refractivity contribution in [1.82, 2.24) is 15.6 Å². The van der Waals surface area contributed by atoms with E-state index in [4.69, 9.17) is 0 Å². The van der Waals surface area contributed by atoms with Crippen LogP contribution >= 0.6 is 0 Å². The number of hydrogen-bond acceptors (Lipinski definition) is 3. The molecule has 0 saturated carbocycles. The van der Waals surface area contributed by atoms with Gasteiger partial charge in [0.25, 0.3) is 0 Å². The monoisotopic (exact) mass is 384 g/mol. The number of hydrogen-bond donors (Lipinski definition) is 2. The first-order valence-electron chi connectivity index (χ1n) is 8.19. The summed E-state index contributed by atoms with van der Waals surface area (Å²) in [4.78, 5) is 7.91. The van der Waals surface area contributed by atoms with Crippen LogP contribution in [-0.4, -0.2) is 37.3 Å². The molecule has 27 heavy (non-hydrogen) atoms. The molecule has 1 aromatic heterocycles. The topological polar surface area (TPSA) is 58.5 Å². The van der Waals surface area contributed by atoms with Crippen LogP contribution in [0.5, 0.6) is 5.88 Å². The number of aromatic nitrogens is 1. The molecular formula is C18H20F4N4O. The Labute approximate surface area is 154 Å². The van der Waals surface area contributed by atoms with E-state index in [0.717, 1.165) is 11.1 Å². The molecule has 0 spiro atoms. The Hall–Kier alpha value is -2.84. The number of nitrogens with one attached hydrogen (secondary N) is 2. The van der Waals surface area contributed by atoms with Gasteiger partial charge in [-0.2, -0.15) is 13.2 Å². The van der Waals surface area contributed by atoms with Gasteiger partial charge in [-0.15, -0.1) is 0 Å². The predicted octanol–water partition coefficient (Wildman–Crippen LogP) is 3.07. The van der Waals surface area contributed by atoms with Crippen LogP contribution < -0.4 is 15.4 Å². The van der Waals surface area contributed by atoms with Gasteiger partial charge in [-0.25, -0.2) is 9.37 Å². The Bertz CT molecular complexity index is 748. The smallest absolute Gasteiger partial charge is 0.422 e. The average molecular weight is 384 g/mol. The van der Waals surface area contributed by atoms with E-state index in [9.17, 15) is 17.6 Å². The first-order chi connectivity index (χ1) is 12.9. The van der Waals surface area contributed by atoms with Crippen LogP contribution in [-0.2, 0) is 13.0 Å². The second kappa shape index (κ2) is 9.75. The summed E-state index contributed by atoms with van der Waals surface area (Å²) in [6.07, 6.45) is -2.34. The SMILES string of the molecule is CN=C(NCCc1cccc(F)c1)NCc1ccc(OCC(F)(F)F)nc1. The molecule has 1 heterocycles. The minimum Gasteiger partial charge on any atom is -0.468 e. The fraction of sp³-hybridized carbons (Fsp3) is 0.333. The van der Waals surface area contributed by atoms with Gasteiger partial charge in [0.2, 0.25) is 5.88 Å². The minimum atomic E-state index is -4.40. The molecule has 0 fully saturated rings. The van der Waals surface area contributed by atoms with Crippen LogP contribution in [0.15, 0.2) is 47.6 Å².